The number of benzene rings is 2. The zero-order valence-corrected chi connectivity index (χ0v) is 16.6. The fraction of sp³-hybridized carbons (Fsp3) is 0.143. The molecule has 0 aliphatic carbocycles. The average Bonchev–Trinajstić information content (AvgIpc) is 3.10. The number of aryl methyl sites for hydroxylation is 2. The molecule has 0 radical (unpaired) electrons. The maximum Gasteiger partial charge on any atom is 0.258 e. The van der Waals surface area contributed by atoms with Gasteiger partial charge < -0.3 is 4.90 Å². The predicted octanol–water partition coefficient (Wildman–Crippen LogP) is 4.38. The maximum absolute atomic E-state index is 13.4. The highest BCUT2D eigenvalue weighted by molar-refractivity contribution is 6.30. The molecule has 4 rings (SSSR count). The Morgan fingerprint density at radius 1 is 1.07 bits per heavy atom. The van der Waals surface area contributed by atoms with Crippen molar-refractivity contribution < 1.29 is 9.18 Å². The Morgan fingerprint density at radius 3 is 2.45 bits per heavy atom. The molecule has 6 nitrogen and oxygen atoms in total. The largest absolute Gasteiger partial charge is 0.301 e. The van der Waals surface area contributed by atoms with E-state index in [2.05, 4.69) is 15.1 Å². The Bertz CT molecular complexity index is 1190. The molecule has 2 aromatic carbocycles. The summed E-state index contributed by atoms with van der Waals surface area (Å²) in [7, 11) is 0. The van der Waals surface area contributed by atoms with Crippen LogP contribution >= 0.6 is 11.6 Å². The van der Waals surface area contributed by atoms with Crippen LogP contribution in [-0.4, -0.2) is 25.5 Å². The zero-order chi connectivity index (χ0) is 20.5. The van der Waals surface area contributed by atoms with Gasteiger partial charge in [-0.05, 0) is 68.4 Å². The molecule has 4 aromatic rings. The molecule has 2 aromatic heterocycles. The molecule has 0 saturated carbocycles. The van der Waals surface area contributed by atoms with Crippen molar-refractivity contribution in [2.45, 2.75) is 20.4 Å². The Labute approximate surface area is 171 Å². The average molecular weight is 410 g/mol. The molecule has 8 heteroatoms. The third-order valence-electron chi connectivity index (χ3n) is 4.44. The Morgan fingerprint density at radius 2 is 1.76 bits per heavy atom. The van der Waals surface area contributed by atoms with Crippen LogP contribution in [0.25, 0.3) is 5.78 Å². The molecule has 0 bridgehead atoms. The number of carbonyl (C=O) groups is 1. The summed E-state index contributed by atoms with van der Waals surface area (Å²) in [5, 5.41) is 5.02. The van der Waals surface area contributed by atoms with Gasteiger partial charge >= 0.3 is 0 Å². The number of rotatable bonds is 4. The van der Waals surface area contributed by atoms with E-state index in [0.29, 0.717) is 27.9 Å². The molecule has 0 saturated heterocycles. The molecule has 0 N–H and O–H groups in total. The molecule has 0 aliphatic rings. The van der Waals surface area contributed by atoms with Crippen LogP contribution in [-0.2, 0) is 6.54 Å². The Hall–Kier alpha value is -3.32. The van der Waals surface area contributed by atoms with Crippen LogP contribution in [0.5, 0.6) is 0 Å². The molecule has 0 fully saturated rings. The third-order valence-corrected chi connectivity index (χ3v) is 4.69. The SMILES string of the molecule is Cc1cc(C)n2nc(CN(C(=O)c3ccc(Cl)cc3)c3ccc(F)cc3)nc2n1. The fourth-order valence-corrected chi connectivity index (χ4v) is 3.19. The van der Waals surface area contributed by atoms with Gasteiger partial charge in [0.2, 0.25) is 0 Å². The molecule has 0 aliphatic heterocycles. The number of hydrogen-bond acceptors (Lipinski definition) is 4. The highest BCUT2D eigenvalue weighted by Gasteiger charge is 2.21. The van der Waals surface area contributed by atoms with Crippen molar-refractivity contribution in [2.75, 3.05) is 4.90 Å². The van der Waals surface area contributed by atoms with Crippen molar-refractivity contribution >= 4 is 29.0 Å². The number of aromatic nitrogens is 4. The summed E-state index contributed by atoms with van der Waals surface area (Å²) in [4.78, 5) is 23.5. The second-order valence-corrected chi connectivity index (χ2v) is 7.09. The van der Waals surface area contributed by atoms with Gasteiger partial charge in [0, 0.05) is 27.7 Å². The van der Waals surface area contributed by atoms with E-state index in [1.165, 1.54) is 17.0 Å². The monoisotopic (exact) mass is 409 g/mol. The predicted molar refractivity (Wildman–Crippen MR) is 109 cm³/mol. The fourth-order valence-electron chi connectivity index (χ4n) is 3.07. The van der Waals surface area contributed by atoms with Crippen molar-refractivity contribution in [3.05, 3.63) is 88.2 Å². The van der Waals surface area contributed by atoms with Gasteiger partial charge in [-0.25, -0.2) is 13.9 Å². The molecule has 2 heterocycles. The summed E-state index contributed by atoms with van der Waals surface area (Å²) in [5.74, 6) is 0.245. The summed E-state index contributed by atoms with van der Waals surface area (Å²) >= 11 is 5.94. The summed E-state index contributed by atoms with van der Waals surface area (Å²) in [5.41, 5.74) is 2.71. The van der Waals surface area contributed by atoms with Crippen molar-refractivity contribution in [2.24, 2.45) is 0 Å². The van der Waals surface area contributed by atoms with E-state index in [0.717, 1.165) is 11.4 Å². The van der Waals surface area contributed by atoms with E-state index in [9.17, 15) is 9.18 Å². The minimum absolute atomic E-state index is 0.106. The number of carbonyl (C=O) groups excluding carboxylic acids is 1. The van der Waals surface area contributed by atoms with Crippen LogP contribution in [0.15, 0.2) is 54.6 Å². The van der Waals surface area contributed by atoms with Crippen LogP contribution in [0.4, 0.5) is 10.1 Å². The third kappa shape index (κ3) is 3.95. The maximum atomic E-state index is 13.4. The van der Waals surface area contributed by atoms with Crippen molar-refractivity contribution in [3.8, 4) is 0 Å². The van der Waals surface area contributed by atoms with Crippen LogP contribution in [0, 0.1) is 19.7 Å². The molecule has 0 atom stereocenters. The number of nitrogens with zero attached hydrogens (tertiary/aromatic N) is 5. The van der Waals surface area contributed by atoms with Gasteiger partial charge in [0.05, 0.1) is 6.54 Å². The molecule has 1 amide bonds. The van der Waals surface area contributed by atoms with Gasteiger partial charge in [-0.2, -0.15) is 4.98 Å². The van der Waals surface area contributed by atoms with Crippen molar-refractivity contribution in [1.82, 2.24) is 19.6 Å². The standard InChI is InChI=1S/C21H17ClFN5O/c1-13-11-14(2)28-21(24-13)25-19(26-28)12-27(18-9-7-17(23)8-10-18)20(29)15-3-5-16(22)6-4-15/h3-11H,12H2,1-2H3. The van der Waals surface area contributed by atoms with Gasteiger partial charge in [0.15, 0.2) is 5.82 Å². The van der Waals surface area contributed by atoms with E-state index in [1.54, 1.807) is 40.9 Å². The Balaban J connectivity index is 1.74. The van der Waals surface area contributed by atoms with Crippen molar-refractivity contribution in [1.29, 1.82) is 0 Å². The number of anilines is 1. The number of hydrogen-bond donors (Lipinski definition) is 0. The quantitative estimate of drug-likeness (QED) is 0.501. The summed E-state index contributed by atoms with van der Waals surface area (Å²) in [6, 6.07) is 14.2. The van der Waals surface area contributed by atoms with E-state index in [1.807, 2.05) is 19.9 Å². The lowest BCUT2D eigenvalue weighted by atomic mass is 10.1. The highest BCUT2D eigenvalue weighted by atomic mass is 35.5. The Kier molecular flexibility index (Phi) is 4.98. The minimum atomic E-state index is -0.381. The first kappa shape index (κ1) is 19.0. The smallest absolute Gasteiger partial charge is 0.258 e. The number of fused-ring (bicyclic) bond motifs is 1. The van der Waals surface area contributed by atoms with Gasteiger partial charge in [0.25, 0.3) is 11.7 Å². The molecule has 29 heavy (non-hydrogen) atoms. The van der Waals surface area contributed by atoms with E-state index in [4.69, 9.17) is 11.6 Å². The second kappa shape index (κ2) is 7.60. The van der Waals surface area contributed by atoms with Crippen LogP contribution < -0.4 is 4.90 Å². The lowest BCUT2D eigenvalue weighted by molar-refractivity contribution is 0.0984. The van der Waals surface area contributed by atoms with E-state index >= 15 is 0 Å². The molecule has 0 unspecified atom stereocenters. The topological polar surface area (TPSA) is 63.4 Å². The molecular weight excluding hydrogens is 393 g/mol. The molecule has 146 valence electrons. The van der Waals surface area contributed by atoms with Crippen LogP contribution in [0.1, 0.15) is 27.6 Å². The summed E-state index contributed by atoms with van der Waals surface area (Å²) < 4.78 is 15.0. The second-order valence-electron chi connectivity index (χ2n) is 6.65. The van der Waals surface area contributed by atoms with E-state index in [-0.39, 0.29) is 18.3 Å². The summed E-state index contributed by atoms with van der Waals surface area (Å²) in [6.07, 6.45) is 0. The van der Waals surface area contributed by atoms with Gasteiger partial charge in [-0.3, -0.25) is 4.79 Å². The number of halogens is 2. The summed E-state index contributed by atoms with van der Waals surface area (Å²) in [6.45, 7) is 3.90. The zero-order valence-electron chi connectivity index (χ0n) is 15.8. The normalized spacial score (nSPS) is 11.0. The molecule has 0 spiro atoms. The lowest BCUT2D eigenvalue weighted by Gasteiger charge is -2.21. The van der Waals surface area contributed by atoms with Gasteiger partial charge in [-0.15, -0.1) is 5.10 Å². The van der Waals surface area contributed by atoms with Gasteiger partial charge in [-0.1, -0.05) is 11.6 Å². The first-order valence-electron chi connectivity index (χ1n) is 8.93. The van der Waals surface area contributed by atoms with Crippen LogP contribution in [0.3, 0.4) is 0 Å². The van der Waals surface area contributed by atoms with Crippen LogP contribution in [0.2, 0.25) is 5.02 Å². The molecular formula is C21H17ClFN5O. The first-order valence-corrected chi connectivity index (χ1v) is 9.31. The van der Waals surface area contributed by atoms with Gasteiger partial charge in [0.1, 0.15) is 5.82 Å². The minimum Gasteiger partial charge on any atom is -0.301 e. The number of amides is 1. The van der Waals surface area contributed by atoms with E-state index < -0.39 is 0 Å². The first-order chi connectivity index (χ1) is 13.9. The lowest BCUT2D eigenvalue weighted by Crippen LogP contribution is -2.31. The van der Waals surface area contributed by atoms with Crippen molar-refractivity contribution in [3.63, 3.8) is 0 Å². The highest BCUT2D eigenvalue weighted by Crippen LogP contribution is 2.21.